The number of hydrogen-bond acceptors (Lipinski definition) is 5. The molecule has 1 saturated heterocycles. The number of amides is 1. The molecule has 0 radical (unpaired) electrons. The number of benzene rings is 3. The summed E-state index contributed by atoms with van der Waals surface area (Å²) in [5.74, 6) is 0.416. The molecule has 0 bridgehead atoms. The molecule has 1 aromatic heterocycles. The first kappa shape index (κ1) is 22.6. The van der Waals surface area contributed by atoms with Gasteiger partial charge in [-0.3, -0.25) is 4.79 Å². The third kappa shape index (κ3) is 4.61. The lowest BCUT2D eigenvalue weighted by atomic mass is 10.1. The number of fused-ring (bicyclic) bond motifs is 1. The predicted molar refractivity (Wildman–Crippen MR) is 139 cm³/mol. The minimum atomic E-state index is -0.477. The van der Waals surface area contributed by atoms with Crippen molar-refractivity contribution in [2.75, 3.05) is 7.11 Å². The number of halogens is 1. The lowest BCUT2D eigenvalue weighted by Gasteiger charge is -2.19. The van der Waals surface area contributed by atoms with Gasteiger partial charge in [0.15, 0.2) is 6.17 Å². The highest BCUT2D eigenvalue weighted by Gasteiger charge is 2.36. The largest absolute Gasteiger partial charge is 0.496 e. The molecule has 1 atom stereocenters. The monoisotopic (exact) mass is 482 g/mol. The number of nitrogens with one attached hydrogen (secondary N) is 1. The Hall–Kier alpha value is -4.16. The number of methoxy groups -OCH3 is 1. The molecule has 0 saturated carbocycles. The van der Waals surface area contributed by atoms with Crippen molar-refractivity contribution in [1.29, 1.82) is 0 Å². The van der Waals surface area contributed by atoms with Crippen molar-refractivity contribution >= 4 is 40.7 Å². The van der Waals surface area contributed by atoms with Crippen molar-refractivity contribution in [3.05, 3.63) is 112 Å². The molecule has 35 heavy (non-hydrogen) atoms. The predicted octanol–water partition coefficient (Wildman–Crippen LogP) is 5.71. The van der Waals surface area contributed by atoms with Crippen LogP contribution < -0.4 is 10.1 Å². The molecule has 3 aromatic carbocycles. The van der Waals surface area contributed by atoms with Crippen molar-refractivity contribution in [2.24, 2.45) is 5.10 Å². The number of ether oxygens (including phenoxy) is 1. The molecule has 1 aliphatic rings. The van der Waals surface area contributed by atoms with Crippen LogP contribution in [0.2, 0.25) is 5.15 Å². The standard InChI is InChI=1S/C28H23ClN4O2/c1-18-12-13-23-21(14-18)15-22(26(29)31-23)17-30-33-27(19-8-4-3-5-9-19)32-24(28(33)34)16-20-10-6-7-11-25(20)35-2/h3-17,27,32H,1-2H3/b24-16-,30-17+. The molecule has 2 heterocycles. The summed E-state index contributed by atoms with van der Waals surface area (Å²) in [6.45, 7) is 2.02. The normalized spacial score (nSPS) is 16.9. The van der Waals surface area contributed by atoms with E-state index in [0.29, 0.717) is 22.2 Å². The third-order valence-electron chi connectivity index (χ3n) is 5.80. The first-order valence-electron chi connectivity index (χ1n) is 11.1. The molecule has 1 N–H and O–H groups in total. The lowest BCUT2D eigenvalue weighted by molar-refractivity contribution is -0.126. The second kappa shape index (κ2) is 9.60. The average molecular weight is 483 g/mol. The van der Waals surface area contributed by atoms with E-state index in [1.54, 1.807) is 19.4 Å². The number of nitrogens with zero attached hydrogens (tertiary/aromatic N) is 3. The topological polar surface area (TPSA) is 66.8 Å². The molecule has 6 nitrogen and oxygen atoms in total. The summed E-state index contributed by atoms with van der Waals surface area (Å²) >= 11 is 6.44. The van der Waals surface area contributed by atoms with Crippen LogP contribution in [0.4, 0.5) is 0 Å². The maximum Gasteiger partial charge on any atom is 0.292 e. The van der Waals surface area contributed by atoms with Gasteiger partial charge >= 0.3 is 0 Å². The smallest absolute Gasteiger partial charge is 0.292 e. The Balaban J connectivity index is 1.53. The van der Waals surface area contributed by atoms with Gasteiger partial charge in [-0.1, -0.05) is 71.8 Å². The van der Waals surface area contributed by atoms with Gasteiger partial charge < -0.3 is 10.1 Å². The number of carbonyl (C=O) groups excluding carboxylic acids is 1. The van der Waals surface area contributed by atoms with Crippen LogP contribution in [-0.4, -0.2) is 29.2 Å². The van der Waals surface area contributed by atoms with Crippen LogP contribution in [0, 0.1) is 6.92 Å². The molecule has 7 heteroatoms. The number of carbonyl (C=O) groups is 1. The van der Waals surface area contributed by atoms with Crippen molar-refractivity contribution < 1.29 is 9.53 Å². The molecule has 1 amide bonds. The summed E-state index contributed by atoms with van der Waals surface area (Å²) in [4.78, 5) is 17.9. The highest BCUT2D eigenvalue weighted by molar-refractivity contribution is 6.32. The third-order valence-corrected chi connectivity index (χ3v) is 6.10. The number of hydrazone groups is 1. The minimum Gasteiger partial charge on any atom is -0.496 e. The molecular formula is C28H23ClN4O2. The zero-order chi connectivity index (χ0) is 24.4. The van der Waals surface area contributed by atoms with Crippen molar-refractivity contribution in [2.45, 2.75) is 13.1 Å². The van der Waals surface area contributed by atoms with E-state index in [2.05, 4.69) is 15.4 Å². The second-order valence-corrected chi connectivity index (χ2v) is 8.57. The van der Waals surface area contributed by atoms with Crippen LogP contribution in [0.3, 0.4) is 0 Å². The lowest BCUT2D eigenvalue weighted by Crippen LogP contribution is -2.25. The molecular weight excluding hydrogens is 460 g/mol. The van der Waals surface area contributed by atoms with Crippen molar-refractivity contribution in [3.8, 4) is 5.75 Å². The Labute approximate surface area is 208 Å². The number of rotatable bonds is 5. The van der Waals surface area contributed by atoms with E-state index in [0.717, 1.165) is 27.6 Å². The van der Waals surface area contributed by atoms with E-state index in [-0.39, 0.29) is 5.91 Å². The number of aryl methyl sites for hydroxylation is 1. The Morgan fingerprint density at radius 3 is 2.60 bits per heavy atom. The number of hydrogen-bond donors (Lipinski definition) is 1. The fraction of sp³-hybridized carbons (Fsp3) is 0.107. The molecule has 4 aromatic rings. The molecule has 1 aliphatic heterocycles. The summed E-state index contributed by atoms with van der Waals surface area (Å²) in [5, 5.41) is 10.6. The SMILES string of the molecule is COc1ccccc1/C=C1\NC(c2ccccc2)N(/N=C/c2cc3cc(C)ccc3nc2Cl)C1=O. The van der Waals surface area contributed by atoms with Crippen LogP contribution in [0.1, 0.15) is 28.4 Å². The van der Waals surface area contributed by atoms with Gasteiger partial charge in [0.1, 0.15) is 16.6 Å². The summed E-state index contributed by atoms with van der Waals surface area (Å²) in [7, 11) is 1.60. The first-order valence-corrected chi connectivity index (χ1v) is 11.5. The summed E-state index contributed by atoms with van der Waals surface area (Å²) in [6.07, 6.45) is 2.88. The summed E-state index contributed by atoms with van der Waals surface area (Å²) in [5.41, 5.74) is 4.67. The van der Waals surface area contributed by atoms with Crippen LogP contribution >= 0.6 is 11.6 Å². The molecule has 5 rings (SSSR count). The van der Waals surface area contributed by atoms with E-state index in [1.807, 2.05) is 85.8 Å². The van der Waals surface area contributed by atoms with Crippen molar-refractivity contribution in [1.82, 2.24) is 15.3 Å². The van der Waals surface area contributed by atoms with E-state index in [9.17, 15) is 4.79 Å². The second-order valence-electron chi connectivity index (χ2n) is 8.22. The van der Waals surface area contributed by atoms with Crippen molar-refractivity contribution in [3.63, 3.8) is 0 Å². The number of pyridine rings is 1. The molecule has 174 valence electrons. The van der Waals surface area contributed by atoms with Crippen LogP contribution in [0.25, 0.3) is 17.0 Å². The van der Waals surface area contributed by atoms with Gasteiger partial charge in [0, 0.05) is 16.5 Å². The van der Waals surface area contributed by atoms with Gasteiger partial charge in [-0.2, -0.15) is 5.10 Å². The summed E-state index contributed by atoms with van der Waals surface area (Å²) < 4.78 is 5.44. The van der Waals surface area contributed by atoms with Crippen LogP contribution in [0.15, 0.2) is 89.7 Å². The fourth-order valence-corrected chi connectivity index (χ4v) is 4.23. The van der Waals surface area contributed by atoms with Gasteiger partial charge in [-0.05, 0) is 42.8 Å². The fourth-order valence-electron chi connectivity index (χ4n) is 4.04. The van der Waals surface area contributed by atoms with Gasteiger partial charge in [0.25, 0.3) is 5.91 Å². The number of para-hydroxylation sites is 1. The highest BCUT2D eigenvalue weighted by Crippen LogP contribution is 2.30. The van der Waals surface area contributed by atoms with Crippen LogP contribution in [-0.2, 0) is 4.79 Å². The quantitative estimate of drug-likeness (QED) is 0.225. The molecule has 0 spiro atoms. The molecule has 1 fully saturated rings. The van der Waals surface area contributed by atoms with E-state index < -0.39 is 6.17 Å². The highest BCUT2D eigenvalue weighted by atomic mass is 35.5. The maximum absolute atomic E-state index is 13.4. The molecule has 0 aliphatic carbocycles. The van der Waals surface area contributed by atoms with Gasteiger partial charge in [-0.15, -0.1) is 0 Å². The first-order chi connectivity index (χ1) is 17.0. The van der Waals surface area contributed by atoms with Gasteiger partial charge in [-0.25, -0.2) is 9.99 Å². The zero-order valence-corrected chi connectivity index (χ0v) is 20.0. The average Bonchev–Trinajstić information content (AvgIpc) is 3.18. The van der Waals surface area contributed by atoms with E-state index in [1.165, 1.54) is 5.01 Å². The minimum absolute atomic E-state index is 0.262. The zero-order valence-electron chi connectivity index (χ0n) is 19.3. The number of aromatic nitrogens is 1. The van der Waals surface area contributed by atoms with Crippen LogP contribution in [0.5, 0.6) is 5.75 Å². The van der Waals surface area contributed by atoms with Gasteiger partial charge in [0.05, 0.1) is 18.8 Å². The Morgan fingerprint density at radius 2 is 1.80 bits per heavy atom. The van der Waals surface area contributed by atoms with E-state index in [4.69, 9.17) is 16.3 Å². The maximum atomic E-state index is 13.4. The van der Waals surface area contributed by atoms with Gasteiger partial charge in [0.2, 0.25) is 0 Å². The Bertz CT molecular complexity index is 1470. The Morgan fingerprint density at radius 1 is 1.03 bits per heavy atom. The molecule has 1 unspecified atom stereocenters. The summed E-state index contributed by atoms with van der Waals surface area (Å²) in [6, 6.07) is 25.1. The Kier molecular flexibility index (Phi) is 6.21. The van der Waals surface area contributed by atoms with E-state index >= 15 is 0 Å².